The number of piperazine rings is 1. The van der Waals surface area contributed by atoms with Crippen molar-refractivity contribution in [3.8, 4) is 0 Å². The van der Waals surface area contributed by atoms with Crippen LogP contribution in [-0.2, 0) is 4.79 Å². The summed E-state index contributed by atoms with van der Waals surface area (Å²) in [5.41, 5.74) is 0.277. The van der Waals surface area contributed by atoms with Crippen molar-refractivity contribution >= 4 is 29.0 Å². The minimum absolute atomic E-state index is 0.0246. The van der Waals surface area contributed by atoms with Gasteiger partial charge < -0.3 is 15.2 Å². The first-order valence-corrected chi connectivity index (χ1v) is 8.66. The van der Waals surface area contributed by atoms with Crippen LogP contribution in [0.5, 0.6) is 0 Å². The summed E-state index contributed by atoms with van der Waals surface area (Å²) in [7, 11) is 0. The van der Waals surface area contributed by atoms with Crippen LogP contribution >= 0.6 is 11.6 Å². The van der Waals surface area contributed by atoms with Crippen molar-refractivity contribution < 1.29 is 9.18 Å². The number of anilines is 2. The summed E-state index contributed by atoms with van der Waals surface area (Å²) < 4.78 is 13.1. The molecule has 2 N–H and O–H groups in total. The Morgan fingerprint density at radius 1 is 1.31 bits per heavy atom. The molecule has 0 unspecified atom stereocenters. The molecule has 1 amide bonds. The number of H-pyrrole nitrogens is 1. The Labute approximate surface area is 154 Å². The normalized spacial score (nSPS) is 15.1. The van der Waals surface area contributed by atoms with Crippen LogP contribution in [0.15, 0.2) is 35.4 Å². The van der Waals surface area contributed by atoms with Gasteiger partial charge in [-0.05, 0) is 18.2 Å². The van der Waals surface area contributed by atoms with Crippen molar-refractivity contribution in [3.63, 3.8) is 0 Å². The van der Waals surface area contributed by atoms with E-state index in [9.17, 15) is 14.0 Å². The SMILES string of the molecule is O=C(CCN1CCN(c2ncc[nH]c2=O)CC1)Nc1ccc(F)c(Cl)c1. The summed E-state index contributed by atoms with van der Waals surface area (Å²) in [6.07, 6.45) is 3.39. The third-order valence-corrected chi connectivity index (χ3v) is 4.51. The lowest BCUT2D eigenvalue weighted by Crippen LogP contribution is -2.48. The molecule has 1 fully saturated rings. The molecule has 1 aromatic carbocycles. The van der Waals surface area contributed by atoms with Crippen molar-refractivity contribution in [2.24, 2.45) is 0 Å². The molecule has 0 atom stereocenters. The van der Waals surface area contributed by atoms with Gasteiger partial charge in [0.25, 0.3) is 5.56 Å². The molecule has 0 saturated carbocycles. The summed E-state index contributed by atoms with van der Waals surface area (Å²) in [6, 6.07) is 4.08. The molecule has 0 aliphatic carbocycles. The van der Waals surface area contributed by atoms with E-state index in [2.05, 4.69) is 20.2 Å². The van der Waals surface area contributed by atoms with Crippen molar-refractivity contribution in [3.05, 3.63) is 51.8 Å². The van der Waals surface area contributed by atoms with Crippen LogP contribution in [0.25, 0.3) is 0 Å². The second-order valence-electron chi connectivity index (χ2n) is 6.00. The number of halogens is 2. The first-order valence-electron chi connectivity index (χ1n) is 8.29. The van der Waals surface area contributed by atoms with Crippen molar-refractivity contribution in [2.45, 2.75) is 6.42 Å². The number of benzene rings is 1. The van der Waals surface area contributed by atoms with Crippen LogP contribution in [0.2, 0.25) is 5.02 Å². The number of hydrogen-bond acceptors (Lipinski definition) is 5. The van der Waals surface area contributed by atoms with E-state index in [4.69, 9.17) is 11.6 Å². The molecule has 0 bridgehead atoms. The maximum atomic E-state index is 13.1. The lowest BCUT2D eigenvalue weighted by molar-refractivity contribution is -0.116. The predicted molar refractivity (Wildman–Crippen MR) is 98.2 cm³/mol. The lowest BCUT2D eigenvalue weighted by Gasteiger charge is -2.34. The Hall–Kier alpha value is -2.45. The summed E-state index contributed by atoms with van der Waals surface area (Å²) in [6.45, 7) is 3.44. The van der Waals surface area contributed by atoms with Gasteiger partial charge in [0.2, 0.25) is 5.91 Å². The summed E-state index contributed by atoms with van der Waals surface area (Å²) in [5, 5.41) is 2.68. The minimum Gasteiger partial charge on any atom is -0.349 e. The molecule has 138 valence electrons. The van der Waals surface area contributed by atoms with Gasteiger partial charge in [-0.25, -0.2) is 9.37 Å². The maximum Gasteiger partial charge on any atom is 0.290 e. The molecule has 1 aliphatic heterocycles. The fourth-order valence-electron chi connectivity index (χ4n) is 2.81. The van der Waals surface area contributed by atoms with Crippen LogP contribution in [0.1, 0.15) is 6.42 Å². The fourth-order valence-corrected chi connectivity index (χ4v) is 2.99. The van der Waals surface area contributed by atoms with Crippen molar-refractivity contribution in [2.75, 3.05) is 42.9 Å². The summed E-state index contributed by atoms with van der Waals surface area (Å²) in [4.78, 5) is 34.7. The zero-order valence-corrected chi connectivity index (χ0v) is 14.8. The van der Waals surface area contributed by atoms with Crippen LogP contribution in [0, 0.1) is 5.82 Å². The van der Waals surface area contributed by atoms with Gasteiger partial charge in [0.1, 0.15) is 5.82 Å². The number of aromatic amines is 1. The third-order valence-electron chi connectivity index (χ3n) is 4.22. The number of carbonyl (C=O) groups excluding carboxylic acids is 1. The van der Waals surface area contributed by atoms with Gasteiger partial charge in [0.15, 0.2) is 5.82 Å². The zero-order chi connectivity index (χ0) is 18.5. The Morgan fingerprint density at radius 3 is 2.77 bits per heavy atom. The third kappa shape index (κ3) is 4.59. The van der Waals surface area contributed by atoms with E-state index in [1.54, 1.807) is 6.20 Å². The second-order valence-corrected chi connectivity index (χ2v) is 6.40. The number of rotatable bonds is 5. The lowest BCUT2D eigenvalue weighted by atomic mass is 10.2. The highest BCUT2D eigenvalue weighted by molar-refractivity contribution is 6.31. The predicted octanol–water partition coefficient (Wildman–Crippen LogP) is 1.71. The fraction of sp³-hybridized carbons (Fsp3) is 0.353. The van der Waals surface area contributed by atoms with Crippen LogP contribution in [-0.4, -0.2) is 53.5 Å². The van der Waals surface area contributed by atoms with Gasteiger partial charge in [-0.15, -0.1) is 0 Å². The molecule has 0 radical (unpaired) electrons. The Balaban J connectivity index is 1.45. The number of amides is 1. The molecule has 2 aromatic rings. The molecule has 9 heteroatoms. The van der Waals surface area contributed by atoms with Gasteiger partial charge in [0.05, 0.1) is 5.02 Å². The van der Waals surface area contributed by atoms with Gasteiger partial charge in [-0.3, -0.25) is 14.5 Å². The van der Waals surface area contributed by atoms with Crippen LogP contribution in [0.3, 0.4) is 0 Å². The molecule has 3 rings (SSSR count). The minimum atomic E-state index is -0.519. The quantitative estimate of drug-likeness (QED) is 0.826. The molecular weight excluding hydrogens is 361 g/mol. The zero-order valence-electron chi connectivity index (χ0n) is 14.0. The molecule has 1 saturated heterocycles. The van der Waals surface area contributed by atoms with Gasteiger partial charge >= 0.3 is 0 Å². The standard InChI is InChI=1S/C17H19ClFN5O2/c18-13-11-12(1-2-14(13)19)22-15(25)3-6-23-7-9-24(10-8-23)16-17(26)21-5-4-20-16/h1-2,4-5,11H,3,6-10H2,(H,21,26)(H,22,25). The Bertz CT molecular complexity index is 836. The van der Waals surface area contributed by atoms with E-state index in [1.807, 2.05) is 4.90 Å². The molecule has 7 nitrogen and oxygen atoms in total. The average molecular weight is 380 g/mol. The highest BCUT2D eigenvalue weighted by atomic mass is 35.5. The van der Waals surface area contributed by atoms with E-state index in [-0.39, 0.29) is 16.5 Å². The smallest absolute Gasteiger partial charge is 0.290 e. The van der Waals surface area contributed by atoms with E-state index < -0.39 is 5.82 Å². The van der Waals surface area contributed by atoms with E-state index in [0.29, 0.717) is 37.6 Å². The first kappa shape index (κ1) is 18.3. The van der Waals surface area contributed by atoms with E-state index in [1.165, 1.54) is 24.4 Å². The second kappa shape index (κ2) is 8.29. The monoisotopic (exact) mass is 379 g/mol. The molecule has 0 spiro atoms. The van der Waals surface area contributed by atoms with Crippen molar-refractivity contribution in [1.29, 1.82) is 0 Å². The number of nitrogens with zero attached hydrogens (tertiary/aromatic N) is 3. The molecule has 26 heavy (non-hydrogen) atoms. The molecule has 1 aromatic heterocycles. The topological polar surface area (TPSA) is 81.3 Å². The van der Waals surface area contributed by atoms with Crippen molar-refractivity contribution in [1.82, 2.24) is 14.9 Å². The molecule has 2 heterocycles. The highest BCUT2D eigenvalue weighted by Gasteiger charge is 2.20. The molecule has 1 aliphatic rings. The number of nitrogens with one attached hydrogen (secondary N) is 2. The molecular formula is C17H19ClFN5O2. The van der Waals surface area contributed by atoms with Gasteiger partial charge in [0, 0.05) is 57.2 Å². The largest absolute Gasteiger partial charge is 0.349 e. The average Bonchev–Trinajstić information content (AvgIpc) is 2.64. The van der Waals surface area contributed by atoms with Crippen LogP contribution < -0.4 is 15.8 Å². The number of aromatic nitrogens is 2. The summed E-state index contributed by atoms with van der Waals surface area (Å²) >= 11 is 5.70. The van der Waals surface area contributed by atoms with E-state index >= 15 is 0 Å². The summed E-state index contributed by atoms with van der Waals surface area (Å²) in [5.74, 6) is -0.247. The Morgan fingerprint density at radius 2 is 2.08 bits per heavy atom. The Kier molecular flexibility index (Phi) is 5.85. The van der Waals surface area contributed by atoms with Gasteiger partial charge in [-0.2, -0.15) is 0 Å². The van der Waals surface area contributed by atoms with Gasteiger partial charge in [-0.1, -0.05) is 11.6 Å². The highest BCUT2D eigenvalue weighted by Crippen LogP contribution is 2.19. The van der Waals surface area contributed by atoms with E-state index in [0.717, 1.165) is 13.1 Å². The number of hydrogen-bond donors (Lipinski definition) is 2. The van der Waals surface area contributed by atoms with Crippen LogP contribution in [0.4, 0.5) is 15.9 Å². The number of carbonyl (C=O) groups is 1. The maximum absolute atomic E-state index is 13.1. The first-order chi connectivity index (χ1) is 12.5.